The molecule has 19 atom stereocenters. The lowest BCUT2D eigenvalue weighted by atomic mass is 9.67. The SMILES string of the molecule is CC[C@H](c1ccc(-c2cnc(N)nc2)cc1)[C@@H](CF)n1cc(CCN(C)[C@@H]2C[C@H](O[C@@H]3[C@@H](C)C([C@H]4C[C@@](C)(OC)[C@@H](O)[C@H](C)O4)[C@@H](C)C(=O)O[C@H](I)[C@@](C)(OC(N)=O)[C@H](CCCc4cccc(F)c4)[C@@H](C)C(=O)[C@H](C)C[C@@]3(C)OC)O[C@H](C)C2)nn1. The van der Waals surface area contributed by atoms with Crippen LogP contribution in [-0.4, -0.2) is 151 Å². The van der Waals surface area contributed by atoms with Crippen LogP contribution in [0, 0.1) is 41.3 Å². The van der Waals surface area contributed by atoms with Gasteiger partial charge in [0, 0.05) is 99.8 Å². The van der Waals surface area contributed by atoms with Crippen molar-refractivity contribution in [1.82, 2.24) is 29.9 Å². The number of rotatable bonds is 20. The molecule has 5 N–H and O–H groups in total. The quantitative estimate of drug-likeness (QED) is 0.0423. The van der Waals surface area contributed by atoms with Crippen molar-refractivity contribution < 1.29 is 61.4 Å². The molecule has 0 aliphatic carbocycles. The average Bonchev–Trinajstić information content (AvgIpc) is 2.47. The fourth-order valence-corrected chi connectivity index (χ4v) is 15.0. The van der Waals surface area contributed by atoms with Gasteiger partial charge in [0.25, 0.3) is 0 Å². The van der Waals surface area contributed by atoms with Crippen molar-refractivity contribution in [2.45, 2.75) is 203 Å². The number of alkyl halides is 2. The van der Waals surface area contributed by atoms with Crippen LogP contribution in [-0.2, 0) is 55.6 Å². The highest BCUT2D eigenvalue weighted by Crippen LogP contribution is 2.48. The van der Waals surface area contributed by atoms with Gasteiger partial charge in [0.1, 0.15) is 24.4 Å². The number of cyclic esters (lactones) is 1. The zero-order valence-corrected chi connectivity index (χ0v) is 54.5. The van der Waals surface area contributed by atoms with Crippen LogP contribution in [0.1, 0.15) is 143 Å². The molecule has 5 heterocycles. The van der Waals surface area contributed by atoms with E-state index in [1.807, 2.05) is 101 Å². The molecule has 1 amide bonds. The molecule has 19 nitrogen and oxygen atoms in total. The fraction of sp³-hybridized carbons (Fsp3) is 0.672. The first-order valence-corrected chi connectivity index (χ1v) is 31.6. The lowest BCUT2D eigenvalue weighted by Gasteiger charge is -2.52. The molecule has 2 aromatic carbocycles. The molecule has 3 fully saturated rings. The number of aliphatic hydroxyl groups is 1. The standard InChI is InChI=1S/C64H93F2IN8O11/c1-14-49(44-23-21-43(22-24-44)45-33-70-60(68)71-34-45)51(32-65)75-35-47(72-73-75)25-26-74(11)48-27-37(3)82-53(29-48)84-57-39(5)54(52-31-62(8,80-12)56(77)41(7)83-52)40(6)58(78)85-59(67)64(10,86-61(69)79)50(20-16-18-42-17-15-19-46(66)28-42)38(4)55(76)36(2)30-63(57,9)81-13/h15,17,19,21-24,28,33-41,48-54,56-57,59,77H,14,16,18,20,25-27,29-32H2,1-13H3,(H2,69,79)(H2,68,70,71)/t36-,37-,38-,39+,40-,41+,48+,49-,50-,51-,52-,53+,54?,56+,57-,59+,62-,63-,64+/m1/s1. The normalized spacial score (nSPS) is 34.0. The van der Waals surface area contributed by atoms with Crippen LogP contribution >= 0.6 is 22.6 Å². The fourth-order valence-electron chi connectivity index (χ4n) is 14.1. The molecule has 7 rings (SSSR count). The Balaban J connectivity index is 1.17. The Kier molecular flexibility index (Phi) is 23.7. The monoisotopic (exact) mass is 1310 g/mol. The van der Waals surface area contributed by atoms with Gasteiger partial charge in [-0.3, -0.25) is 9.59 Å². The van der Waals surface area contributed by atoms with E-state index in [2.05, 4.69) is 32.2 Å². The first-order valence-electron chi connectivity index (χ1n) is 30.4. The smallest absolute Gasteiger partial charge is 0.405 e. The van der Waals surface area contributed by atoms with Gasteiger partial charge in [0.2, 0.25) is 5.95 Å². The number of likely N-dealkylation sites (N-methyl/N-ethyl adjacent to an activating group) is 1. The summed E-state index contributed by atoms with van der Waals surface area (Å²) >= 11 is 1.97. The van der Waals surface area contributed by atoms with Crippen LogP contribution in [0.15, 0.2) is 67.1 Å². The van der Waals surface area contributed by atoms with E-state index >= 15 is 14.0 Å². The highest BCUT2D eigenvalue weighted by atomic mass is 127. The van der Waals surface area contributed by atoms with Gasteiger partial charge in [-0.05, 0) is 138 Å². The average molecular weight is 1320 g/mol. The van der Waals surface area contributed by atoms with Crippen LogP contribution in [0.5, 0.6) is 0 Å². The minimum atomic E-state index is -1.62. The van der Waals surface area contributed by atoms with Crippen molar-refractivity contribution in [3.63, 3.8) is 0 Å². The molecule has 1 unspecified atom stereocenters. The first-order chi connectivity index (χ1) is 40.7. The number of anilines is 1. The number of nitrogens with two attached hydrogens (primary N) is 2. The van der Waals surface area contributed by atoms with Crippen molar-refractivity contribution in [3.05, 3.63) is 89.8 Å². The largest absolute Gasteiger partial charge is 0.447 e. The van der Waals surface area contributed by atoms with E-state index in [-0.39, 0.29) is 48.5 Å². The second-order valence-corrected chi connectivity index (χ2v) is 26.4. The number of ketones is 1. The van der Waals surface area contributed by atoms with E-state index in [4.69, 9.17) is 44.6 Å². The summed E-state index contributed by atoms with van der Waals surface area (Å²) in [4.78, 5) is 53.9. The number of aliphatic hydroxyl groups excluding tert-OH is 1. The molecular weight excluding hydrogens is 1220 g/mol. The maximum atomic E-state index is 15.3. The number of aromatic nitrogens is 5. The molecule has 3 saturated heterocycles. The second kappa shape index (κ2) is 29.7. The Labute approximate surface area is 520 Å². The zero-order chi connectivity index (χ0) is 63.0. The Morgan fingerprint density at radius 1 is 0.942 bits per heavy atom. The van der Waals surface area contributed by atoms with E-state index in [9.17, 15) is 14.3 Å². The molecule has 0 spiro atoms. The molecule has 22 heteroatoms. The predicted octanol–water partition coefficient (Wildman–Crippen LogP) is 10.2. The van der Waals surface area contributed by atoms with E-state index < -0.39 is 112 Å². The topological polar surface area (TPSA) is 248 Å². The van der Waals surface area contributed by atoms with Gasteiger partial charge in [0.15, 0.2) is 16.0 Å². The number of ether oxygens (including phenoxy) is 7. The molecule has 2 aromatic heterocycles. The molecule has 3 aliphatic heterocycles. The van der Waals surface area contributed by atoms with E-state index in [0.29, 0.717) is 51.5 Å². The number of hydrogen-bond donors (Lipinski definition) is 3. The van der Waals surface area contributed by atoms with Gasteiger partial charge in [0.05, 0.1) is 53.3 Å². The Morgan fingerprint density at radius 3 is 2.26 bits per heavy atom. The number of primary amides is 1. The highest BCUT2D eigenvalue weighted by Gasteiger charge is 2.56. The Hall–Kier alpha value is -4.82. The predicted molar refractivity (Wildman–Crippen MR) is 330 cm³/mol. The number of carbonyl (C=O) groups excluding carboxylic acids is 3. The van der Waals surface area contributed by atoms with Gasteiger partial charge >= 0.3 is 12.1 Å². The van der Waals surface area contributed by atoms with Crippen molar-refractivity contribution in [2.24, 2.45) is 41.2 Å². The number of methoxy groups -OCH3 is 2. The third-order valence-electron chi connectivity index (χ3n) is 19.3. The van der Waals surface area contributed by atoms with Gasteiger partial charge in [-0.15, -0.1) is 5.10 Å². The molecule has 0 radical (unpaired) electrons. The van der Waals surface area contributed by atoms with Crippen LogP contribution in [0.4, 0.5) is 19.5 Å². The summed E-state index contributed by atoms with van der Waals surface area (Å²) in [6.45, 7) is 18.6. The van der Waals surface area contributed by atoms with Crippen molar-refractivity contribution in [3.8, 4) is 11.1 Å². The summed E-state index contributed by atoms with van der Waals surface area (Å²) in [5, 5.41) is 20.5. The number of nitrogens with zero attached hydrogens (tertiary/aromatic N) is 6. The number of aryl methyl sites for hydroxylation is 1. The van der Waals surface area contributed by atoms with Crippen molar-refractivity contribution in [2.75, 3.05) is 40.2 Å². The number of carbonyl (C=O) groups is 3. The summed E-state index contributed by atoms with van der Waals surface area (Å²) in [6.07, 6.45) is 3.74. The maximum absolute atomic E-state index is 15.3. The molecule has 4 aromatic rings. The van der Waals surface area contributed by atoms with Gasteiger partial charge < -0.3 is 54.6 Å². The summed E-state index contributed by atoms with van der Waals surface area (Å²) < 4.78 is 76.0. The Morgan fingerprint density at radius 2 is 1.63 bits per heavy atom. The Bertz CT molecular complexity index is 2860. The number of esters is 1. The number of halogens is 3. The lowest BCUT2D eigenvalue weighted by molar-refractivity contribution is -0.278. The van der Waals surface area contributed by atoms with Crippen LogP contribution in [0.25, 0.3) is 11.1 Å². The minimum absolute atomic E-state index is 0.0277. The zero-order valence-electron chi connectivity index (χ0n) is 52.4. The van der Waals surface area contributed by atoms with E-state index in [0.717, 1.165) is 27.9 Å². The van der Waals surface area contributed by atoms with E-state index in [1.54, 1.807) is 65.1 Å². The maximum Gasteiger partial charge on any atom is 0.405 e. The lowest BCUT2D eigenvalue weighted by Crippen LogP contribution is -2.61. The molecule has 3 aliphatic rings. The van der Waals surface area contributed by atoms with Crippen LogP contribution < -0.4 is 11.5 Å². The van der Waals surface area contributed by atoms with Gasteiger partial charge in [-0.2, -0.15) is 0 Å². The van der Waals surface area contributed by atoms with Crippen LogP contribution in [0.2, 0.25) is 0 Å². The number of benzene rings is 2. The number of hydrogen-bond acceptors (Lipinski definition) is 17. The van der Waals surface area contributed by atoms with Gasteiger partial charge in [-0.1, -0.05) is 76.2 Å². The third-order valence-corrected chi connectivity index (χ3v) is 20.8. The van der Waals surface area contributed by atoms with Crippen LogP contribution in [0.3, 0.4) is 0 Å². The number of Topliss-reactive ketones (excluding diaryl/α,β-unsaturated/α-hetero) is 1. The first kappa shape index (κ1) is 68.7. The highest BCUT2D eigenvalue weighted by molar-refractivity contribution is 14.1. The molecule has 0 saturated carbocycles. The summed E-state index contributed by atoms with van der Waals surface area (Å²) in [5.74, 6) is -5.52. The molecule has 86 heavy (non-hydrogen) atoms. The summed E-state index contributed by atoms with van der Waals surface area (Å²) in [5.41, 5.74) is 11.8. The summed E-state index contributed by atoms with van der Waals surface area (Å²) in [6, 6.07) is 13.7. The number of amides is 1. The third kappa shape index (κ3) is 16.0. The molecule has 476 valence electrons. The minimum Gasteiger partial charge on any atom is -0.447 e. The number of nitrogen functional groups attached to an aromatic ring is 1. The van der Waals surface area contributed by atoms with E-state index in [1.165, 1.54) is 12.1 Å². The molecular formula is C64H93F2IN8O11. The second-order valence-electron chi connectivity index (χ2n) is 25.2. The molecule has 0 bridgehead atoms. The van der Waals surface area contributed by atoms with Crippen molar-refractivity contribution in [1.29, 1.82) is 0 Å². The summed E-state index contributed by atoms with van der Waals surface area (Å²) in [7, 11) is 5.19. The van der Waals surface area contributed by atoms with Crippen molar-refractivity contribution >= 4 is 46.4 Å². The van der Waals surface area contributed by atoms with Gasteiger partial charge in [-0.25, -0.2) is 28.2 Å².